The molecule has 0 amide bonds. The minimum Gasteiger partial charge on any atom is -0.399 e. The van der Waals surface area contributed by atoms with Crippen LogP contribution < -0.4 is 5.73 Å². The minimum atomic E-state index is -3.98. The van der Waals surface area contributed by atoms with Gasteiger partial charge in [0.1, 0.15) is 10.7 Å². The molecule has 0 bridgehead atoms. The van der Waals surface area contributed by atoms with Gasteiger partial charge in [0.25, 0.3) is 0 Å². The lowest BCUT2D eigenvalue weighted by Gasteiger charge is -2.29. The number of hydrogen-bond acceptors (Lipinski definition) is 5. The number of nitrogens with two attached hydrogens (primary N) is 1. The van der Waals surface area contributed by atoms with Gasteiger partial charge in [0, 0.05) is 12.2 Å². The minimum absolute atomic E-state index is 0.0876. The Balaban J connectivity index is 2.34. The van der Waals surface area contributed by atoms with Gasteiger partial charge in [0.2, 0.25) is 10.0 Å². The SMILES string of the molecule is N#CC1CN(S(=O)(=O)c2ccc(N)cc2F)CCO1. The molecular formula is C11H12FN3O3S. The zero-order valence-electron chi connectivity index (χ0n) is 9.91. The summed E-state index contributed by atoms with van der Waals surface area (Å²) in [5.74, 6) is -0.903. The van der Waals surface area contributed by atoms with Gasteiger partial charge in [-0.3, -0.25) is 0 Å². The molecule has 19 heavy (non-hydrogen) atoms. The molecule has 1 unspecified atom stereocenters. The van der Waals surface area contributed by atoms with Gasteiger partial charge < -0.3 is 10.5 Å². The van der Waals surface area contributed by atoms with E-state index in [1.807, 2.05) is 6.07 Å². The molecule has 2 N–H and O–H groups in total. The summed E-state index contributed by atoms with van der Waals surface area (Å²) in [7, 11) is -3.98. The van der Waals surface area contributed by atoms with E-state index < -0.39 is 26.8 Å². The van der Waals surface area contributed by atoms with Crippen LogP contribution in [0.15, 0.2) is 23.1 Å². The van der Waals surface area contributed by atoms with Gasteiger partial charge in [0.15, 0.2) is 6.10 Å². The molecule has 1 aromatic rings. The second kappa shape index (κ2) is 5.13. The molecule has 0 saturated carbocycles. The van der Waals surface area contributed by atoms with Crippen LogP contribution in [0.25, 0.3) is 0 Å². The smallest absolute Gasteiger partial charge is 0.246 e. The van der Waals surface area contributed by atoms with Crippen molar-refractivity contribution in [2.45, 2.75) is 11.0 Å². The number of ether oxygens (including phenoxy) is 1. The predicted molar refractivity (Wildman–Crippen MR) is 64.9 cm³/mol. The van der Waals surface area contributed by atoms with Crippen LogP contribution >= 0.6 is 0 Å². The lowest BCUT2D eigenvalue weighted by Crippen LogP contribution is -2.45. The largest absolute Gasteiger partial charge is 0.399 e. The molecule has 8 heteroatoms. The average molecular weight is 285 g/mol. The average Bonchev–Trinajstić information content (AvgIpc) is 2.38. The lowest BCUT2D eigenvalue weighted by atomic mass is 10.3. The first-order valence-corrected chi connectivity index (χ1v) is 6.95. The van der Waals surface area contributed by atoms with Crippen LogP contribution in [0.5, 0.6) is 0 Å². The molecule has 0 radical (unpaired) electrons. The van der Waals surface area contributed by atoms with Gasteiger partial charge in [-0.05, 0) is 18.2 Å². The summed E-state index contributed by atoms with van der Waals surface area (Å²) in [6.07, 6.45) is -0.833. The summed E-state index contributed by atoms with van der Waals surface area (Å²) < 4.78 is 44.3. The van der Waals surface area contributed by atoms with E-state index in [1.54, 1.807) is 0 Å². The molecule has 1 atom stereocenters. The maximum absolute atomic E-state index is 13.7. The highest BCUT2D eigenvalue weighted by Gasteiger charge is 2.32. The molecule has 1 saturated heterocycles. The Morgan fingerprint density at radius 2 is 2.26 bits per heavy atom. The van der Waals surface area contributed by atoms with E-state index in [2.05, 4.69) is 0 Å². The second-order valence-electron chi connectivity index (χ2n) is 4.04. The number of rotatable bonds is 2. The Kier molecular flexibility index (Phi) is 3.71. The number of nitrogen functional groups attached to an aromatic ring is 1. The van der Waals surface area contributed by atoms with E-state index in [0.717, 1.165) is 16.4 Å². The lowest BCUT2D eigenvalue weighted by molar-refractivity contribution is 0.0311. The monoisotopic (exact) mass is 285 g/mol. The number of halogens is 1. The van der Waals surface area contributed by atoms with Gasteiger partial charge >= 0.3 is 0 Å². The fourth-order valence-electron chi connectivity index (χ4n) is 1.79. The van der Waals surface area contributed by atoms with Crippen LogP contribution in [0.1, 0.15) is 0 Å². The Labute approximate surface area is 110 Å². The number of sulfonamides is 1. The van der Waals surface area contributed by atoms with Crippen molar-refractivity contribution in [2.75, 3.05) is 25.4 Å². The number of benzene rings is 1. The van der Waals surface area contributed by atoms with Gasteiger partial charge in [-0.15, -0.1) is 0 Å². The molecule has 1 aliphatic rings. The third kappa shape index (κ3) is 2.68. The summed E-state index contributed by atoms with van der Waals surface area (Å²) in [5, 5.41) is 8.75. The summed E-state index contributed by atoms with van der Waals surface area (Å²) in [4.78, 5) is -0.444. The Hall–Kier alpha value is -1.69. The van der Waals surface area contributed by atoms with Crippen molar-refractivity contribution in [3.63, 3.8) is 0 Å². The Morgan fingerprint density at radius 3 is 2.89 bits per heavy atom. The van der Waals surface area contributed by atoms with Crippen molar-refractivity contribution < 1.29 is 17.5 Å². The molecule has 6 nitrogen and oxygen atoms in total. The first-order valence-electron chi connectivity index (χ1n) is 5.51. The Bertz CT molecular complexity index is 627. The molecule has 1 heterocycles. The summed E-state index contributed by atoms with van der Waals surface area (Å²) in [6, 6.07) is 5.23. The molecule has 0 aliphatic carbocycles. The molecule has 2 rings (SSSR count). The summed E-state index contributed by atoms with van der Waals surface area (Å²) in [6.45, 7) is 0.0844. The van der Waals surface area contributed by atoms with Gasteiger partial charge in [-0.25, -0.2) is 12.8 Å². The standard InChI is InChI=1S/C11H12FN3O3S/c12-10-5-8(14)1-2-11(10)19(16,17)15-3-4-18-9(6-13)7-15/h1-2,5,9H,3-4,7,14H2. The van der Waals surface area contributed by atoms with Gasteiger partial charge in [0.05, 0.1) is 19.2 Å². The van der Waals surface area contributed by atoms with Crippen molar-refractivity contribution >= 4 is 15.7 Å². The molecule has 102 valence electrons. The van der Waals surface area contributed by atoms with Crippen LogP contribution in [0.4, 0.5) is 10.1 Å². The Morgan fingerprint density at radius 1 is 1.53 bits per heavy atom. The molecular weight excluding hydrogens is 273 g/mol. The van der Waals surface area contributed by atoms with E-state index >= 15 is 0 Å². The van der Waals surface area contributed by atoms with Crippen molar-refractivity contribution in [1.29, 1.82) is 5.26 Å². The van der Waals surface area contributed by atoms with Crippen molar-refractivity contribution in [2.24, 2.45) is 0 Å². The number of anilines is 1. The summed E-state index contributed by atoms with van der Waals surface area (Å²) in [5.41, 5.74) is 5.53. The van der Waals surface area contributed by atoms with Crippen LogP contribution in [0.3, 0.4) is 0 Å². The third-order valence-corrected chi connectivity index (χ3v) is 4.65. The number of morpholine rings is 1. The molecule has 1 aliphatic heterocycles. The van der Waals surface area contributed by atoms with Gasteiger partial charge in [-0.1, -0.05) is 0 Å². The molecule has 0 spiro atoms. The van der Waals surface area contributed by atoms with Crippen molar-refractivity contribution in [1.82, 2.24) is 4.31 Å². The van der Waals surface area contributed by atoms with Crippen LogP contribution in [0.2, 0.25) is 0 Å². The van der Waals surface area contributed by atoms with E-state index in [0.29, 0.717) is 0 Å². The fourth-order valence-corrected chi connectivity index (χ4v) is 3.26. The van der Waals surface area contributed by atoms with Crippen LogP contribution in [-0.2, 0) is 14.8 Å². The number of nitrogens with zero attached hydrogens (tertiary/aromatic N) is 2. The zero-order valence-corrected chi connectivity index (χ0v) is 10.7. The van der Waals surface area contributed by atoms with Gasteiger partial charge in [-0.2, -0.15) is 9.57 Å². The van der Waals surface area contributed by atoms with E-state index in [9.17, 15) is 12.8 Å². The number of nitriles is 1. The quantitative estimate of drug-likeness (QED) is 0.789. The topological polar surface area (TPSA) is 96.4 Å². The van der Waals surface area contributed by atoms with E-state index in [4.69, 9.17) is 15.7 Å². The van der Waals surface area contributed by atoms with E-state index in [1.165, 1.54) is 6.07 Å². The third-order valence-electron chi connectivity index (χ3n) is 2.75. The molecule has 1 aromatic carbocycles. The maximum Gasteiger partial charge on any atom is 0.246 e. The highest BCUT2D eigenvalue weighted by atomic mass is 32.2. The number of hydrogen-bond donors (Lipinski definition) is 1. The van der Waals surface area contributed by atoms with Crippen molar-refractivity contribution in [3.05, 3.63) is 24.0 Å². The van der Waals surface area contributed by atoms with E-state index in [-0.39, 0.29) is 25.4 Å². The first kappa shape index (κ1) is 13.7. The highest BCUT2D eigenvalue weighted by molar-refractivity contribution is 7.89. The molecule has 1 fully saturated rings. The molecule has 0 aromatic heterocycles. The zero-order chi connectivity index (χ0) is 14.0. The predicted octanol–water partition coefficient (Wildman–Crippen LogP) is 0.321. The summed E-state index contributed by atoms with van der Waals surface area (Å²) >= 11 is 0. The fraction of sp³-hybridized carbons (Fsp3) is 0.364. The van der Waals surface area contributed by atoms with Crippen LogP contribution in [0, 0.1) is 17.1 Å². The second-order valence-corrected chi connectivity index (χ2v) is 5.95. The van der Waals surface area contributed by atoms with Crippen molar-refractivity contribution in [3.8, 4) is 6.07 Å². The maximum atomic E-state index is 13.7. The normalized spacial score (nSPS) is 20.9. The first-order chi connectivity index (χ1) is 8.95. The highest BCUT2D eigenvalue weighted by Crippen LogP contribution is 2.22. The van der Waals surface area contributed by atoms with Crippen LogP contribution in [-0.4, -0.2) is 38.5 Å².